The second kappa shape index (κ2) is 5.70. The lowest BCUT2D eigenvalue weighted by Gasteiger charge is -2.06. The van der Waals surface area contributed by atoms with Crippen LogP contribution in [0.15, 0.2) is 48.8 Å². The molecule has 0 aliphatic rings. The first kappa shape index (κ1) is 15.8. The maximum Gasteiger partial charge on any atom is 0.416 e. The van der Waals surface area contributed by atoms with Crippen molar-refractivity contribution in [3.05, 3.63) is 60.0 Å². The summed E-state index contributed by atoms with van der Waals surface area (Å²) < 4.78 is 39.8. The molecule has 3 heterocycles. The van der Waals surface area contributed by atoms with E-state index in [2.05, 4.69) is 20.4 Å². The number of imidazole rings is 1. The van der Waals surface area contributed by atoms with Crippen molar-refractivity contribution in [2.75, 3.05) is 0 Å². The van der Waals surface area contributed by atoms with Gasteiger partial charge in [-0.05, 0) is 24.3 Å². The molecule has 128 valence electrons. The Hall–Kier alpha value is -3.67. The van der Waals surface area contributed by atoms with E-state index in [9.17, 15) is 13.2 Å². The topological polar surface area (TPSA) is 82.7 Å². The Labute approximate surface area is 144 Å². The Balaban J connectivity index is 1.82. The summed E-state index contributed by atoms with van der Waals surface area (Å²) >= 11 is 0. The van der Waals surface area contributed by atoms with E-state index in [4.69, 9.17) is 5.26 Å². The Morgan fingerprint density at radius 1 is 1.08 bits per heavy atom. The monoisotopic (exact) mass is 354 g/mol. The minimum absolute atomic E-state index is 0.136. The molecule has 0 saturated heterocycles. The van der Waals surface area contributed by atoms with Gasteiger partial charge in [-0.25, -0.2) is 4.98 Å². The fourth-order valence-electron chi connectivity index (χ4n) is 2.66. The van der Waals surface area contributed by atoms with Crippen molar-refractivity contribution in [3.8, 4) is 28.6 Å². The van der Waals surface area contributed by atoms with Gasteiger partial charge in [-0.1, -0.05) is 12.1 Å². The highest BCUT2D eigenvalue weighted by Gasteiger charge is 2.30. The number of benzene rings is 1. The molecule has 6 nitrogen and oxygen atoms in total. The van der Waals surface area contributed by atoms with Crippen molar-refractivity contribution in [2.45, 2.75) is 6.18 Å². The second-order valence-electron chi connectivity index (χ2n) is 5.49. The molecule has 0 aliphatic carbocycles. The Morgan fingerprint density at radius 3 is 2.54 bits per heavy atom. The summed E-state index contributed by atoms with van der Waals surface area (Å²) in [6, 6.07) is 10.2. The standard InChI is InChI=1S/C17H9F3N6/c18-17(19,20)11-5-3-10(4-6-11)14-9-26-7-1-2-12(16(26)22-14)15-13(8-21)23-25-24-15/h1-7,9H,(H,23,24,25). The average Bonchev–Trinajstić information content (AvgIpc) is 3.27. The van der Waals surface area contributed by atoms with Gasteiger partial charge in [-0.2, -0.15) is 28.7 Å². The molecule has 0 bridgehead atoms. The smallest absolute Gasteiger partial charge is 0.306 e. The molecule has 0 fully saturated rings. The molecule has 0 unspecified atom stereocenters. The van der Waals surface area contributed by atoms with E-state index in [0.717, 1.165) is 12.1 Å². The number of hydrogen-bond acceptors (Lipinski definition) is 4. The van der Waals surface area contributed by atoms with E-state index in [1.165, 1.54) is 12.1 Å². The van der Waals surface area contributed by atoms with Gasteiger partial charge in [0, 0.05) is 23.5 Å². The van der Waals surface area contributed by atoms with E-state index in [0.29, 0.717) is 28.2 Å². The lowest BCUT2D eigenvalue weighted by Crippen LogP contribution is -2.03. The average molecular weight is 354 g/mol. The van der Waals surface area contributed by atoms with Crippen molar-refractivity contribution in [1.82, 2.24) is 24.8 Å². The van der Waals surface area contributed by atoms with Gasteiger partial charge in [0.15, 0.2) is 5.69 Å². The van der Waals surface area contributed by atoms with Crippen LogP contribution in [0.5, 0.6) is 0 Å². The van der Waals surface area contributed by atoms with Crippen molar-refractivity contribution in [1.29, 1.82) is 5.26 Å². The van der Waals surface area contributed by atoms with E-state index in [1.54, 1.807) is 28.9 Å². The largest absolute Gasteiger partial charge is 0.416 e. The normalized spacial score (nSPS) is 11.6. The maximum atomic E-state index is 12.7. The van der Waals surface area contributed by atoms with Gasteiger partial charge in [0.1, 0.15) is 17.4 Å². The zero-order valence-corrected chi connectivity index (χ0v) is 13.0. The van der Waals surface area contributed by atoms with Crippen LogP contribution in [0, 0.1) is 11.3 Å². The highest BCUT2D eigenvalue weighted by Crippen LogP contribution is 2.31. The summed E-state index contributed by atoms with van der Waals surface area (Å²) in [6.45, 7) is 0. The minimum atomic E-state index is -4.38. The number of nitrogens with one attached hydrogen (secondary N) is 1. The molecule has 4 rings (SSSR count). The first-order valence-electron chi connectivity index (χ1n) is 7.44. The van der Waals surface area contributed by atoms with Crippen LogP contribution in [0.2, 0.25) is 0 Å². The minimum Gasteiger partial charge on any atom is -0.306 e. The highest BCUT2D eigenvalue weighted by molar-refractivity contribution is 5.79. The number of alkyl halides is 3. The molecule has 4 aromatic rings. The Morgan fingerprint density at radius 2 is 1.85 bits per heavy atom. The molecule has 0 aliphatic heterocycles. The van der Waals surface area contributed by atoms with Gasteiger partial charge in [0.25, 0.3) is 0 Å². The third kappa shape index (κ3) is 2.57. The molecular weight excluding hydrogens is 345 g/mol. The van der Waals surface area contributed by atoms with Gasteiger partial charge < -0.3 is 4.40 Å². The summed E-state index contributed by atoms with van der Waals surface area (Å²) in [4.78, 5) is 4.50. The number of hydrogen-bond donors (Lipinski definition) is 1. The van der Waals surface area contributed by atoms with Crippen LogP contribution < -0.4 is 0 Å². The van der Waals surface area contributed by atoms with Crippen LogP contribution in [-0.2, 0) is 6.18 Å². The first-order valence-corrected chi connectivity index (χ1v) is 7.44. The number of H-pyrrole nitrogens is 1. The third-order valence-corrected chi connectivity index (χ3v) is 3.90. The molecule has 0 saturated carbocycles. The molecule has 3 aromatic heterocycles. The molecule has 0 amide bonds. The summed E-state index contributed by atoms with van der Waals surface area (Å²) in [5.41, 5.74) is 1.96. The molecule has 0 radical (unpaired) electrons. The van der Waals surface area contributed by atoms with Crippen LogP contribution in [0.1, 0.15) is 11.3 Å². The quantitative estimate of drug-likeness (QED) is 0.595. The number of nitrogens with zero attached hydrogens (tertiary/aromatic N) is 5. The maximum absolute atomic E-state index is 12.7. The lowest BCUT2D eigenvalue weighted by atomic mass is 10.1. The molecule has 0 spiro atoms. The summed E-state index contributed by atoms with van der Waals surface area (Å²) in [6.07, 6.45) is -0.926. The predicted molar refractivity (Wildman–Crippen MR) is 85.7 cm³/mol. The van der Waals surface area contributed by atoms with Crippen molar-refractivity contribution in [2.24, 2.45) is 0 Å². The van der Waals surface area contributed by atoms with Crippen molar-refractivity contribution >= 4 is 5.65 Å². The number of rotatable bonds is 2. The van der Waals surface area contributed by atoms with Crippen LogP contribution in [-0.4, -0.2) is 24.8 Å². The Kier molecular flexibility index (Phi) is 3.47. The number of pyridine rings is 1. The Bertz CT molecular complexity index is 1130. The first-order chi connectivity index (χ1) is 12.5. The summed E-state index contributed by atoms with van der Waals surface area (Å²) in [5.74, 6) is 0. The zero-order valence-electron chi connectivity index (χ0n) is 13.0. The SMILES string of the molecule is N#Cc1n[nH]nc1-c1cccn2cc(-c3ccc(C(F)(F)F)cc3)nc12. The van der Waals surface area contributed by atoms with Crippen LogP contribution in [0.4, 0.5) is 13.2 Å². The zero-order chi connectivity index (χ0) is 18.3. The number of nitriles is 1. The molecule has 9 heteroatoms. The van der Waals surface area contributed by atoms with E-state index in [-0.39, 0.29) is 5.69 Å². The molecule has 26 heavy (non-hydrogen) atoms. The van der Waals surface area contributed by atoms with Crippen molar-refractivity contribution < 1.29 is 13.2 Å². The molecular formula is C17H9F3N6. The summed E-state index contributed by atoms with van der Waals surface area (Å²) in [7, 11) is 0. The van der Waals surface area contributed by atoms with Gasteiger partial charge >= 0.3 is 6.18 Å². The van der Waals surface area contributed by atoms with Crippen LogP contribution in [0.3, 0.4) is 0 Å². The van der Waals surface area contributed by atoms with Gasteiger partial charge in [0.05, 0.1) is 11.3 Å². The van der Waals surface area contributed by atoms with E-state index in [1.807, 2.05) is 6.07 Å². The molecule has 1 N–H and O–H groups in total. The number of aromatic nitrogens is 5. The fourth-order valence-corrected chi connectivity index (χ4v) is 2.66. The number of fused-ring (bicyclic) bond motifs is 1. The number of halogens is 3. The molecule has 1 aromatic carbocycles. The van der Waals surface area contributed by atoms with Crippen molar-refractivity contribution in [3.63, 3.8) is 0 Å². The highest BCUT2D eigenvalue weighted by atomic mass is 19.4. The summed E-state index contributed by atoms with van der Waals surface area (Å²) in [5, 5.41) is 19.3. The van der Waals surface area contributed by atoms with E-state index >= 15 is 0 Å². The second-order valence-corrected chi connectivity index (χ2v) is 5.49. The third-order valence-electron chi connectivity index (χ3n) is 3.90. The van der Waals surface area contributed by atoms with Gasteiger partial charge in [0.2, 0.25) is 0 Å². The van der Waals surface area contributed by atoms with Crippen LogP contribution in [0.25, 0.3) is 28.2 Å². The lowest BCUT2D eigenvalue weighted by molar-refractivity contribution is -0.137. The predicted octanol–water partition coefficient (Wildman–Crippen LogP) is 3.68. The fraction of sp³-hybridized carbons (Fsp3) is 0.0588. The molecule has 0 atom stereocenters. The van der Waals surface area contributed by atoms with E-state index < -0.39 is 11.7 Å². The van der Waals surface area contributed by atoms with Gasteiger partial charge in [-0.15, -0.1) is 5.10 Å². The van der Waals surface area contributed by atoms with Gasteiger partial charge in [-0.3, -0.25) is 0 Å². The van der Waals surface area contributed by atoms with Crippen LogP contribution >= 0.6 is 0 Å². The number of aromatic amines is 1.